The average Bonchev–Trinajstić information content (AvgIpc) is 2.68. The van der Waals surface area contributed by atoms with E-state index in [1.54, 1.807) is 12.1 Å². The molecule has 0 bridgehead atoms. The first-order chi connectivity index (χ1) is 13.9. The summed E-state index contributed by atoms with van der Waals surface area (Å²) in [6.45, 7) is 2.24. The van der Waals surface area contributed by atoms with Gasteiger partial charge in [-0.25, -0.2) is 0 Å². The molecule has 0 amide bonds. The van der Waals surface area contributed by atoms with E-state index in [9.17, 15) is 18.1 Å². The van der Waals surface area contributed by atoms with Crippen LogP contribution in [0.3, 0.4) is 0 Å². The average molecular weight is 459 g/mol. The standard InChI is InChI=1S/C23H32O5S.K/c1-2-3-4-5-6-7-8-9-10-11-19-12-15-21(16-13-19)28-22-17-14-20(24)18-23(22)29(25,26)27;/h12-18,24H,2-11H2,1H3,(H,25,26,27);/q;+1/p-1. The summed E-state index contributed by atoms with van der Waals surface area (Å²) in [5, 5.41) is 11.4. The molecule has 0 saturated carbocycles. The fourth-order valence-corrected chi connectivity index (χ4v) is 3.89. The monoisotopic (exact) mass is 458 g/mol. The third-order valence-electron chi connectivity index (χ3n) is 4.91. The van der Waals surface area contributed by atoms with Gasteiger partial charge in [-0.15, -0.1) is 5.75 Å². The van der Waals surface area contributed by atoms with Crippen molar-refractivity contribution in [1.82, 2.24) is 0 Å². The molecular formula is C23H31KO5S. The Kier molecular flexibility index (Phi) is 13.5. The van der Waals surface area contributed by atoms with Crippen LogP contribution in [0.5, 0.6) is 17.2 Å². The van der Waals surface area contributed by atoms with Crippen LogP contribution in [0.2, 0.25) is 0 Å². The largest absolute Gasteiger partial charge is 1.00 e. The van der Waals surface area contributed by atoms with Crippen molar-refractivity contribution in [2.24, 2.45) is 0 Å². The quantitative estimate of drug-likeness (QED) is 0.283. The van der Waals surface area contributed by atoms with Gasteiger partial charge in [0, 0.05) is 0 Å². The molecule has 2 aromatic carbocycles. The molecule has 0 aliphatic heterocycles. The second kappa shape index (κ2) is 14.6. The minimum Gasteiger partial charge on any atom is -0.872 e. The first-order valence-corrected chi connectivity index (χ1v) is 11.9. The van der Waals surface area contributed by atoms with Crippen LogP contribution in [0.1, 0.15) is 70.3 Å². The summed E-state index contributed by atoms with van der Waals surface area (Å²) in [6, 6.07) is 10.7. The molecule has 0 heterocycles. The predicted octanol–water partition coefficient (Wildman–Crippen LogP) is 2.88. The first-order valence-electron chi connectivity index (χ1n) is 10.5. The SMILES string of the molecule is CCCCCCCCCCCc1ccc(Oc2ccc([O-])cc2S(=O)(=O)O)cc1.[K+]. The third-order valence-corrected chi connectivity index (χ3v) is 5.79. The van der Waals surface area contributed by atoms with E-state index in [1.165, 1.54) is 69.1 Å². The van der Waals surface area contributed by atoms with Crippen LogP contribution in [0, 0.1) is 0 Å². The molecule has 0 aliphatic carbocycles. The van der Waals surface area contributed by atoms with Crippen LogP contribution in [0.15, 0.2) is 47.4 Å². The number of aryl methyl sites for hydroxylation is 1. The summed E-state index contributed by atoms with van der Waals surface area (Å²) < 4.78 is 37.7. The van der Waals surface area contributed by atoms with Gasteiger partial charge in [0.15, 0.2) is 0 Å². The minimum absolute atomic E-state index is 0. The topological polar surface area (TPSA) is 86.7 Å². The van der Waals surface area contributed by atoms with E-state index in [0.29, 0.717) is 5.75 Å². The second-order valence-corrected chi connectivity index (χ2v) is 8.80. The summed E-state index contributed by atoms with van der Waals surface area (Å²) in [6.07, 6.45) is 12.7. The molecule has 0 unspecified atom stereocenters. The smallest absolute Gasteiger partial charge is 0.872 e. The molecule has 0 spiro atoms. The Morgan fingerprint density at radius 2 is 1.43 bits per heavy atom. The Bertz CT molecular complexity index is 850. The fraction of sp³-hybridized carbons (Fsp3) is 0.478. The summed E-state index contributed by atoms with van der Waals surface area (Å²) in [5.74, 6) is -0.135. The normalized spacial score (nSPS) is 11.1. The molecule has 30 heavy (non-hydrogen) atoms. The van der Waals surface area contributed by atoms with E-state index in [-0.39, 0.29) is 57.1 Å². The molecular weight excluding hydrogens is 427 g/mol. The molecule has 7 heteroatoms. The van der Waals surface area contributed by atoms with Crippen molar-refractivity contribution in [3.8, 4) is 17.2 Å². The zero-order chi connectivity index (χ0) is 21.1. The van der Waals surface area contributed by atoms with Gasteiger partial charge in [0.05, 0.1) is 0 Å². The fourth-order valence-electron chi connectivity index (χ4n) is 3.27. The molecule has 2 rings (SSSR count). The maximum Gasteiger partial charge on any atom is 1.00 e. The van der Waals surface area contributed by atoms with Gasteiger partial charge in [0.25, 0.3) is 10.1 Å². The molecule has 2 aromatic rings. The van der Waals surface area contributed by atoms with Crippen LogP contribution >= 0.6 is 0 Å². The number of benzene rings is 2. The maximum absolute atomic E-state index is 11.4. The van der Waals surface area contributed by atoms with Crippen molar-refractivity contribution in [2.45, 2.75) is 76.0 Å². The van der Waals surface area contributed by atoms with Crippen LogP contribution in [-0.4, -0.2) is 13.0 Å². The van der Waals surface area contributed by atoms with Crippen LogP contribution in [0.4, 0.5) is 0 Å². The maximum atomic E-state index is 11.4. The molecule has 0 saturated heterocycles. The van der Waals surface area contributed by atoms with Gasteiger partial charge in [-0.05, 0) is 42.7 Å². The van der Waals surface area contributed by atoms with E-state index in [1.807, 2.05) is 12.1 Å². The van der Waals surface area contributed by atoms with Crippen molar-refractivity contribution in [3.63, 3.8) is 0 Å². The number of hydrogen-bond acceptors (Lipinski definition) is 4. The van der Waals surface area contributed by atoms with Crippen molar-refractivity contribution >= 4 is 10.1 Å². The van der Waals surface area contributed by atoms with E-state index < -0.39 is 20.8 Å². The van der Waals surface area contributed by atoms with Gasteiger partial charge in [0.2, 0.25) is 0 Å². The summed E-state index contributed by atoms with van der Waals surface area (Å²) in [7, 11) is -4.54. The molecule has 5 nitrogen and oxygen atoms in total. The van der Waals surface area contributed by atoms with E-state index in [4.69, 9.17) is 4.74 Å². The van der Waals surface area contributed by atoms with Gasteiger partial charge < -0.3 is 9.84 Å². The van der Waals surface area contributed by atoms with Gasteiger partial charge in [-0.2, -0.15) is 8.42 Å². The molecule has 1 N–H and O–H groups in total. The zero-order valence-corrected chi connectivity index (χ0v) is 22.0. The Balaban J connectivity index is 0.00000450. The van der Waals surface area contributed by atoms with Gasteiger partial charge in [-0.1, -0.05) is 76.5 Å². The number of unbranched alkanes of at least 4 members (excludes halogenated alkanes) is 8. The predicted molar refractivity (Wildman–Crippen MR) is 113 cm³/mol. The summed E-state index contributed by atoms with van der Waals surface area (Å²) in [5.41, 5.74) is 1.20. The minimum atomic E-state index is -4.54. The van der Waals surface area contributed by atoms with Gasteiger partial charge >= 0.3 is 51.4 Å². The van der Waals surface area contributed by atoms with Crippen molar-refractivity contribution < 1.29 is 74.2 Å². The number of rotatable bonds is 13. The molecule has 0 radical (unpaired) electrons. The van der Waals surface area contributed by atoms with Crippen LogP contribution in [-0.2, 0) is 16.5 Å². The molecule has 0 atom stereocenters. The molecule has 0 fully saturated rings. The Morgan fingerprint density at radius 1 is 0.867 bits per heavy atom. The van der Waals surface area contributed by atoms with Gasteiger partial charge in [-0.3, -0.25) is 4.55 Å². The van der Waals surface area contributed by atoms with Crippen molar-refractivity contribution in [1.29, 1.82) is 0 Å². The van der Waals surface area contributed by atoms with Crippen molar-refractivity contribution in [3.05, 3.63) is 48.0 Å². The van der Waals surface area contributed by atoms with Crippen LogP contribution in [0.25, 0.3) is 0 Å². The molecule has 0 aliphatic rings. The Labute approximate surface area is 223 Å². The van der Waals surface area contributed by atoms with E-state index in [2.05, 4.69) is 6.92 Å². The van der Waals surface area contributed by atoms with Crippen molar-refractivity contribution in [2.75, 3.05) is 0 Å². The molecule has 0 aromatic heterocycles. The molecule has 160 valence electrons. The number of hydrogen-bond donors (Lipinski definition) is 1. The van der Waals surface area contributed by atoms with Gasteiger partial charge in [0.1, 0.15) is 16.4 Å². The summed E-state index contributed by atoms with van der Waals surface area (Å²) >= 11 is 0. The second-order valence-electron chi connectivity index (χ2n) is 7.41. The number of ether oxygens (including phenoxy) is 1. The van der Waals surface area contributed by atoms with E-state index in [0.717, 1.165) is 18.9 Å². The van der Waals surface area contributed by atoms with E-state index >= 15 is 0 Å². The third kappa shape index (κ3) is 10.3. The van der Waals surface area contributed by atoms with Crippen LogP contribution < -0.4 is 61.2 Å². The summed E-state index contributed by atoms with van der Waals surface area (Å²) in [4.78, 5) is -0.524. The Morgan fingerprint density at radius 3 is 2.00 bits per heavy atom. The first kappa shape index (κ1) is 27.6. The Hall–Kier alpha value is -0.414. The zero-order valence-electron chi connectivity index (χ0n) is 18.1.